The maximum Gasteiger partial charge on any atom is 0.227 e. The van der Waals surface area contributed by atoms with Gasteiger partial charge in [0.15, 0.2) is 0 Å². The van der Waals surface area contributed by atoms with E-state index < -0.39 is 0 Å². The number of rotatable bonds is 6. The lowest BCUT2D eigenvalue weighted by Gasteiger charge is -2.18. The van der Waals surface area contributed by atoms with Gasteiger partial charge in [0.25, 0.3) is 0 Å². The number of para-hydroxylation sites is 1. The van der Waals surface area contributed by atoms with Crippen LogP contribution >= 0.6 is 11.6 Å². The summed E-state index contributed by atoms with van der Waals surface area (Å²) < 4.78 is 0. The second kappa shape index (κ2) is 7.61. The molecule has 0 radical (unpaired) electrons. The Balaban J connectivity index is 1.92. The minimum Gasteiger partial charge on any atom is -0.355 e. The average molecular weight is 324 g/mol. The van der Waals surface area contributed by atoms with Crippen molar-refractivity contribution in [3.63, 3.8) is 0 Å². The third kappa shape index (κ3) is 3.99. The second-order valence-corrected chi connectivity index (χ2v) is 5.95. The van der Waals surface area contributed by atoms with Crippen LogP contribution in [0.3, 0.4) is 0 Å². The van der Waals surface area contributed by atoms with Crippen LogP contribution in [-0.4, -0.2) is 49.9 Å². The number of carbonyl (C=O) groups is 2. The van der Waals surface area contributed by atoms with Gasteiger partial charge in [-0.3, -0.25) is 9.59 Å². The molecule has 0 bridgehead atoms. The topological polar surface area (TPSA) is 52.7 Å². The van der Waals surface area contributed by atoms with Gasteiger partial charge in [-0.25, -0.2) is 0 Å². The third-order valence-corrected chi connectivity index (χ3v) is 4.29. The first-order valence-corrected chi connectivity index (χ1v) is 7.92. The number of carbonyl (C=O) groups excluding carboxylic acids is 2. The Hall–Kier alpha value is -1.59. The Bertz CT molecular complexity index is 550. The Labute approximate surface area is 136 Å². The Morgan fingerprint density at radius 2 is 2.18 bits per heavy atom. The molecule has 1 aliphatic heterocycles. The summed E-state index contributed by atoms with van der Waals surface area (Å²) >= 11 is 6.13. The highest BCUT2D eigenvalue weighted by molar-refractivity contribution is 6.33. The summed E-state index contributed by atoms with van der Waals surface area (Å²) in [6, 6.07) is 7.21. The average Bonchev–Trinajstić information content (AvgIpc) is 2.89. The normalized spacial score (nSPS) is 18.1. The molecule has 1 aromatic carbocycles. The molecule has 0 unspecified atom stereocenters. The fourth-order valence-electron chi connectivity index (χ4n) is 2.46. The second-order valence-electron chi connectivity index (χ2n) is 5.54. The number of hydrogen-bond donors (Lipinski definition) is 1. The zero-order chi connectivity index (χ0) is 16.1. The summed E-state index contributed by atoms with van der Waals surface area (Å²) in [4.78, 5) is 28.1. The van der Waals surface area contributed by atoms with Gasteiger partial charge in [-0.2, -0.15) is 0 Å². The molecule has 0 aromatic heterocycles. The molecule has 1 aromatic rings. The predicted molar refractivity (Wildman–Crippen MR) is 88.1 cm³/mol. The van der Waals surface area contributed by atoms with Gasteiger partial charge in [-0.15, -0.1) is 0 Å². The summed E-state index contributed by atoms with van der Waals surface area (Å²) in [6.45, 7) is 4.80. The van der Waals surface area contributed by atoms with E-state index in [-0.39, 0.29) is 24.2 Å². The summed E-state index contributed by atoms with van der Waals surface area (Å²) in [5.74, 6) is -0.429. The van der Waals surface area contributed by atoms with Gasteiger partial charge in [0, 0.05) is 26.1 Å². The van der Waals surface area contributed by atoms with E-state index in [2.05, 4.69) is 17.1 Å². The molecule has 1 atom stereocenters. The van der Waals surface area contributed by atoms with Crippen molar-refractivity contribution in [2.24, 2.45) is 5.92 Å². The van der Waals surface area contributed by atoms with Crippen LogP contribution in [-0.2, 0) is 9.59 Å². The highest BCUT2D eigenvalue weighted by Gasteiger charge is 2.35. The standard InChI is InChI=1S/C16H22ClN3O2/c1-3-19(2)9-8-18-16(22)12-10-15(21)20(11-12)14-7-5-4-6-13(14)17/h4-7,12H,3,8-11H2,1-2H3,(H,18,22)/t12-/m0/s1. The monoisotopic (exact) mass is 323 g/mol. The summed E-state index contributed by atoms with van der Waals surface area (Å²) in [7, 11) is 2.00. The van der Waals surface area contributed by atoms with Gasteiger partial charge in [0.05, 0.1) is 16.6 Å². The number of amides is 2. The molecular weight excluding hydrogens is 302 g/mol. The van der Waals surface area contributed by atoms with E-state index in [4.69, 9.17) is 11.6 Å². The van der Waals surface area contributed by atoms with Crippen molar-refractivity contribution in [1.29, 1.82) is 0 Å². The van der Waals surface area contributed by atoms with E-state index in [1.807, 2.05) is 19.2 Å². The van der Waals surface area contributed by atoms with Crippen molar-refractivity contribution in [3.8, 4) is 0 Å². The molecule has 0 saturated carbocycles. The summed E-state index contributed by atoms with van der Waals surface area (Å²) in [5.41, 5.74) is 0.676. The molecule has 2 rings (SSSR count). The number of halogens is 1. The predicted octanol–water partition coefficient (Wildman–Crippen LogP) is 1.76. The van der Waals surface area contributed by atoms with E-state index >= 15 is 0 Å². The van der Waals surface area contributed by atoms with E-state index in [0.717, 1.165) is 13.1 Å². The first-order valence-electron chi connectivity index (χ1n) is 7.54. The van der Waals surface area contributed by atoms with Crippen LogP contribution in [0.4, 0.5) is 5.69 Å². The molecule has 1 heterocycles. The largest absolute Gasteiger partial charge is 0.355 e. The van der Waals surface area contributed by atoms with Crippen LogP contribution in [0.1, 0.15) is 13.3 Å². The number of likely N-dealkylation sites (N-methyl/N-ethyl adjacent to an activating group) is 1. The van der Waals surface area contributed by atoms with Crippen LogP contribution in [0.2, 0.25) is 5.02 Å². The minimum atomic E-state index is -0.310. The molecule has 6 heteroatoms. The van der Waals surface area contributed by atoms with Crippen molar-refractivity contribution in [2.75, 3.05) is 38.1 Å². The van der Waals surface area contributed by atoms with Gasteiger partial charge in [0.1, 0.15) is 0 Å². The lowest BCUT2D eigenvalue weighted by Crippen LogP contribution is -2.37. The molecule has 0 aliphatic carbocycles. The van der Waals surface area contributed by atoms with E-state index in [1.54, 1.807) is 17.0 Å². The number of hydrogen-bond acceptors (Lipinski definition) is 3. The smallest absolute Gasteiger partial charge is 0.227 e. The number of nitrogens with zero attached hydrogens (tertiary/aromatic N) is 2. The molecule has 1 saturated heterocycles. The Morgan fingerprint density at radius 1 is 1.45 bits per heavy atom. The van der Waals surface area contributed by atoms with Gasteiger partial charge in [0.2, 0.25) is 11.8 Å². The van der Waals surface area contributed by atoms with Crippen LogP contribution in [0.25, 0.3) is 0 Å². The van der Waals surface area contributed by atoms with Crippen molar-refractivity contribution in [3.05, 3.63) is 29.3 Å². The van der Waals surface area contributed by atoms with E-state index in [0.29, 0.717) is 23.8 Å². The van der Waals surface area contributed by atoms with Crippen molar-refractivity contribution >= 4 is 29.1 Å². The van der Waals surface area contributed by atoms with E-state index in [9.17, 15) is 9.59 Å². The fourth-order valence-corrected chi connectivity index (χ4v) is 2.70. The lowest BCUT2D eigenvalue weighted by atomic mass is 10.1. The van der Waals surface area contributed by atoms with Crippen molar-refractivity contribution in [1.82, 2.24) is 10.2 Å². The first-order chi connectivity index (χ1) is 10.5. The van der Waals surface area contributed by atoms with Crippen molar-refractivity contribution < 1.29 is 9.59 Å². The van der Waals surface area contributed by atoms with Gasteiger partial charge in [-0.05, 0) is 25.7 Å². The highest BCUT2D eigenvalue weighted by Crippen LogP contribution is 2.30. The zero-order valence-electron chi connectivity index (χ0n) is 13.0. The molecular formula is C16H22ClN3O2. The number of anilines is 1. The maximum atomic E-state index is 12.2. The molecule has 2 amide bonds. The zero-order valence-corrected chi connectivity index (χ0v) is 13.8. The molecule has 0 spiro atoms. The Kier molecular flexibility index (Phi) is 5.80. The molecule has 1 aliphatic rings. The van der Waals surface area contributed by atoms with Crippen LogP contribution in [0, 0.1) is 5.92 Å². The van der Waals surface area contributed by atoms with E-state index in [1.165, 1.54) is 0 Å². The Morgan fingerprint density at radius 3 is 2.86 bits per heavy atom. The molecule has 120 valence electrons. The van der Waals surface area contributed by atoms with Crippen LogP contribution in [0.15, 0.2) is 24.3 Å². The quantitative estimate of drug-likeness (QED) is 0.868. The van der Waals surface area contributed by atoms with Crippen LogP contribution < -0.4 is 10.2 Å². The minimum absolute atomic E-state index is 0.0565. The van der Waals surface area contributed by atoms with Gasteiger partial charge >= 0.3 is 0 Å². The van der Waals surface area contributed by atoms with Gasteiger partial charge < -0.3 is 15.1 Å². The molecule has 1 fully saturated rings. The number of benzene rings is 1. The van der Waals surface area contributed by atoms with Gasteiger partial charge in [-0.1, -0.05) is 30.7 Å². The maximum absolute atomic E-state index is 12.2. The summed E-state index contributed by atoms with van der Waals surface area (Å²) in [6.07, 6.45) is 0.237. The third-order valence-electron chi connectivity index (χ3n) is 3.97. The molecule has 1 N–H and O–H groups in total. The highest BCUT2D eigenvalue weighted by atomic mass is 35.5. The SMILES string of the molecule is CCN(C)CCNC(=O)[C@H]1CC(=O)N(c2ccccc2Cl)C1. The first kappa shape index (κ1) is 16.8. The molecule has 5 nitrogen and oxygen atoms in total. The van der Waals surface area contributed by atoms with Crippen LogP contribution in [0.5, 0.6) is 0 Å². The fraction of sp³-hybridized carbons (Fsp3) is 0.500. The number of nitrogens with one attached hydrogen (secondary N) is 1. The lowest BCUT2D eigenvalue weighted by molar-refractivity contribution is -0.126. The van der Waals surface area contributed by atoms with Crippen molar-refractivity contribution in [2.45, 2.75) is 13.3 Å². The molecule has 22 heavy (non-hydrogen) atoms. The summed E-state index contributed by atoms with van der Waals surface area (Å²) in [5, 5.41) is 3.43.